The third-order valence-electron chi connectivity index (χ3n) is 4.47. The molecule has 3 rings (SSSR count). The lowest BCUT2D eigenvalue weighted by atomic mass is 10.1. The molecule has 12 heteroatoms. The summed E-state index contributed by atoms with van der Waals surface area (Å²) < 4.78 is 40.6. The number of hydrogen-bond acceptors (Lipinski definition) is 5. The van der Waals surface area contributed by atoms with Gasteiger partial charge in [0, 0.05) is 23.2 Å². The van der Waals surface area contributed by atoms with Gasteiger partial charge in [-0.15, -0.1) is 5.10 Å². The Kier molecular flexibility index (Phi) is 8.46. The summed E-state index contributed by atoms with van der Waals surface area (Å²) >= 11 is 5.78. The minimum absolute atomic E-state index is 0. The molecule has 0 fully saturated rings. The van der Waals surface area contributed by atoms with Crippen LogP contribution >= 0.6 is 25.1 Å². The molecule has 0 radical (unpaired) electrons. The summed E-state index contributed by atoms with van der Waals surface area (Å²) in [5.74, 6) is 0.510. The number of pyridine rings is 1. The summed E-state index contributed by atoms with van der Waals surface area (Å²) in [7, 11) is 0. The summed E-state index contributed by atoms with van der Waals surface area (Å²) in [5, 5.41) is 15.8. The van der Waals surface area contributed by atoms with Crippen LogP contribution in [-0.4, -0.2) is 25.7 Å². The van der Waals surface area contributed by atoms with Gasteiger partial charge in [0.05, 0.1) is 17.2 Å². The van der Waals surface area contributed by atoms with Crippen LogP contribution in [0.4, 0.5) is 13.2 Å². The molecule has 1 atom stereocenters. The highest BCUT2D eigenvalue weighted by Gasteiger charge is 2.32. The maximum absolute atomic E-state index is 13.1. The fourth-order valence-corrected chi connectivity index (χ4v) is 3.19. The Balaban J connectivity index is 0.00000385. The Hall–Kier alpha value is -3.10. The number of halogens is 4. The number of alkyl halides is 3. The predicted molar refractivity (Wildman–Crippen MR) is 121 cm³/mol. The first-order chi connectivity index (χ1) is 15.1. The van der Waals surface area contributed by atoms with E-state index in [0.717, 1.165) is 24.6 Å². The summed E-state index contributed by atoms with van der Waals surface area (Å²) in [5.41, 5.74) is -0.877. The Morgan fingerprint density at radius 1 is 1.30 bits per heavy atom. The van der Waals surface area contributed by atoms with Crippen molar-refractivity contribution >= 4 is 31.0 Å². The van der Waals surface area contributed by atoms with Crippen molar-refractivity contribution < 1.29 is 18.0 Å². The third-order valence-corrected chi connectivity index (χ3v) is 4.68. The van der Waals surface area contributed by atoms with Crippen LogP contribution in [0.1, 0.15) is 59.4 Å². The van der Waals surface area contributed by atoms with Crippen molar-refractivity contribution in [3.8, 4) is 11.9 Å². The lowest BCUT2D eigenvalue weighted by molar-refractivity contribution is -0.137. The van der Waals surface area contributed by atoms with Crippen molar-refractivity contribution in [1.29, 1.82) is 5.26 Å². The van der Waals surface area contributed by atoms with Gasteiger partial charge in [0.15, 0.2) is 17.5 Å². The van der Waals surface area contributed by atoms with E-state index in [-0.39, 0.29) is 24.1 Å². The van der Waals surface area contributed by atoms with Gasteiger partial charge in [-0.1, -0.05) is 18.5 Å². The molecule has 0 unspecified atom stereocenters. The topological polar surface area (TPSA) is 96.5 Å². The second kappa shape index (κ2) is 10.7. The van der Waals surface area contributed by atoms with E-state index in [2.05, 4.69) is 20.4 Å². The Morgan fingerprint density at radius 3 is 2.61 bits per heavy atom. The molecule has 0 aliphatic heterocycles. The monoisotopic (exact) mass is 496 g/mol. The molecule has 1 amide bonds. The number of aryl methyl sites for hydroxylation is 1. The smallest absolute Gasteiger partial charge is 0.342 e. The molecule has 3 aromatic rings. The summed E-state index contributed by atoms with van der Waals surface area (Å²) in [6.45, 7) is 3.59. The zero-order valence-electron chi connectivity index (χ0n) is 17.6. The molecule has 7 nitrogen and oxygen atoms in total. The van der Waals surface area contributed by atoms with Gasteiger partial charge in [0.2, 0.25) is 0 Å². The molecule has 1 N–H and O–H groups in total. The van der Waals surface area contributed by atoms with Crippen LogP contribution < -0.4 is 5.32 Å². The number of aromatic nitrogens is 4. The molecule has 33 heavy (non-hydrogen) atoms. The highest BCUT2D eigenvalue weighted by molar-refractivity contribution is 7.59. The van der Waals surface area contributed by atoms with Crippen LogP contribution in [0.5, 0.6) is 0 Å². The SMILES string of the molecule is CCCc1nc([C@H](C)NC(=O)c2cc(Cl)cc(C(F)(F)F)c2)n(-c2ccc(C#N)cn2)n1.S. The Labute approximate surface area is 200 Å². The fraction of sp³-hybridized carbons (Fsp3) is 0.286. The molecule has 0 aliphatic carbocycles. The van der Waals surface area contributed by atoms with Crippen molar-refractivity contribution in [2.24, 2.45) is 0 Å². The lowest BCUT2D eigenvalue weighted by Gasteiger charge is -2.15. The second-order valence-corrected chi connectivity index (χ2v) is 7.42. The lowest BCUT2D eigenvalue weighted by Crippen LogP contribution is -2.29. The zero-order chi connectivity index (χ0) is 23.5. The number of carbonyl (C=O) groups is 1. The molecule has 0 saturated heterocycles. The van der Waals surface area contributed by atoms with E-state index in [1.54, 1.807) is 19.1 Å². The highest BCUT2D eigenvalue weighted by atomic mass is 35.5. The fourth-order valence-electron chi connectivity index (χ4n) is 2.95. The van der Waals surface area contributed by atoms with E-state index in [9.17, 15) is 18.0 Å². The van der Waals surface area contributed by atoms with Crippen molar-refractivity contribution in [3.63, 3.8) is 0 Å². The quantitative estimate of drug-likeness (QED) is 0.530. The van der Waals surface area contributed by atoms with E-state index in [0.29, 0.717) is 29.5 Å². The van der Waals surface area contributed by atoms with Gasteiger partial charge in [0.1, 0.15) is 6.07 Å². The van der Waals surface area contributed by atoms with Crippen molar-refractivity contribution in [3.05, 3.63) is 69.9 Å². The summed E-state index contributed by atoms with van der Waals surface area (Å²) in [6.07, 6.45) is -1.88. The largest absolute Gasteiger partial charge is 0.416 e. The molecular weight excluding hydrogens is 477 g/mol. The zero-order valence-corrected chi connectivity index (χ0v) is 19.4. The summed E-state index contributed by atoms with van der Waals surface area (Å²) in [6, 6.07) is 7.08. The molecule has 2 heterocycles. The standard InChI is InChI=1S/C21H18ClF3N6O.H2S/c1-3-4-17-29-19(31(30-17)18-6-5-13(10-26)11-27-18)12(2)28-20(32)14-7-15(21(23,24)25)9-16(22)8-14;/h5-9,11-12H,3-4H2,1-2H3,(H,28,32);1H2/t12-;/m0./s1. The average Bonchev–Trinajstić information content (AvgIpc) is 3.17. The minimum atomic E-state index is -4.64. The molecule has 2 aromatic heterocycles. The number of carbonyl (C=O) groups excluding carboxylic acids is 1. The van der Waals surface area contributed by atoms with Gasteiger partial charge in [-0.05, 0) is 43.7 Å². The highest BCUT2D eigenvalue weighted by Crippen LogP contribution is 2.32. The molecular formula is C21H20ClF3N6OS. The van der Waals surface area contributed by atoms with E-state index in [1.165, 1.54) is 10.9 Å². The average molecular weight is 497 g/mol. The number of hydrogen-bond donors (Lipinski definition) is 1. The van der Waals surface area contributed by atoms with Crippen LogP contribution in [0.25, 0.3) is 5.82 Å². The Bertz CT molecular complexity index is 1170. The Morgan fingerprint density at radius 2 is 2.03 bits per heavy atom. The van der Waals surface area contributed by atoms with Gasteiger partial charge in [-0.2, -0.15) is 36.6 Å². The molecule has 0 spiro atoms. The number of nitriles is 1. The first-order valence-corrected chi connectivity index (χ1v) is 10.0. The van der Waals surface area contributed by atoms with E-state index >= 15 is 0 Å². The van der Waals surface area contributed by atoms with E-state index < -0.39 is 23.7 Å². The van der Waals surface area contributed by atoms with Crippen LogP contribution in [0.3, 0.4) is 0 Å². The van der Waals surface area contributed by atoms with Crippen LogP contribution in [-0.2, 0) is 12.6 Å². The normalized spacial score (nSPS) is 11.9. The number of rotatable bonds is 6. The first-order valence-electron chi connectivity index (χ1n) is 9.63. The van der Waals surface area contributed by atoms with Crippen molar-refractivity contribution in [2.45, 2.75) is 38.9 Å². The van der Waals surface area contributed by atoms with Gasteiger partial charge < -0.3 is 5.32 Å². The number of benzene rings is 1. The second-order valence-electron chi connectivity index (χ2n) is 6.99. The maximum atomic E-state index is 13.1. The van der Waals surface area contributed by atoms with Crippen LogP contribution in [0, 0.1) is 11.3 Å². The summed E-state index contributed by atoms with van der Waals surface area (Å²) in [4.78, 5) is 21.4. The van der Waals surface area contributed by atoms with Gasteiger partial charge in [-0.25, -0.2) is 9.97 Å². The predicted octanol–water partition coefficient (Wildman–Crippen LogP) is 4.76. The molecule has 0 saturated carbocycles. The van der Waals surface area contributed by atoms with Crippen LogP contribution in [0.2, 0.25) is 5.02 Å². The van der Waals surface area contributed by atoms with Crippen molar-refractivity contribution in [2.75, 3.05) is 0 Å². The van der Waals surface area contributed by atoms with Gasteiger partial charge in [-0.3, -0.25) is 4.79 Å². The molecule has 0 bridgehead atoms. The van der Waals surface area contributed by atoms with Crippen molar-refractivity contribution in [1.82, 2.24) is 25.1 Å². The van der Waals surface area contributed by atoms with E-state index in [4.69, 9.17) is 16.9 Å². The molecule has 0 aliphatic rings. The first kappa shape index (κ1) is 26.2. The number of amides is 1. The van der Waals surface area contributed by atoms with Gasteiger partial charge >= 0.3 is 6.18 Å². The van der Waals surface area contributed by atoms with Gasteiger partial charge in [0.25, 0.3) is 5.91 Å². The molecule has 174 valence electrons. The third kappa shape index (κ3) is 6.24. The van der Waals surface area contributed by atoms with E-state index in [1.807, 2.05) is 13.0 Å². The maximum Gasteiger partial charge on any atom is 0.416 e. The number of nitrogens with one attached hydrogen (secondary N) is 1. The minimum Gasteiger partial charge on any atom is -0.342 e. The number of nitrogens with zero attached hydrogens (tertiary/aromatic N) is 5. The molecule has 1 aromatic carbocycles. The van der Waals surface area contributed by atoms with Crippen LogP contribution in [0.15, 0.2) is 36.5 Å².